The lowest BCUT2D eigenvalue weighted by molar-refractivity contribution is 0.177. The fourth-order valence-electron chi connectivity index (χ4n) is 4.50. The number of para-hydroxylation sites is 2. The third-order valence-electron chi connectivity index (χ3n) is 5.74. The molecule has 0 saturated heterocycles. The highest BCUT2D eigenvalue weighted by Crippen LogP contribution is 2.22. The zero-order chi connectivity index (χ0) is 23.5. The summed E-state index contributed by atoms with van der Waals surface area (Å²) in [5, 5.41) is 5.46. The van der Waals surface area contributed by atoms with Crippen molar-refractivity contribution in [2.24, 2.45) is 11.8 Å². The van der Waals surface area contributed by atoms with Crippen LogP contribution in [0.5, 0.6) is 0 Å². The Balaban J connectivity index is 1.79. The molecule has 0 saturated carbocycles. The molecule has 0 aliphatic carbocycles. The summed E-state index contributed by atoms with van der Waals surface area (Å²) in [7, 11) is 0. The zero-order valence-electron chi connectivity index (χ0n) is 20.1. The van der Waals surface area contributed by atoms with E-state index in [1.165, 1.54) is 5.52 Å². The molecule has 0 atom stereocenters. The lowest BCUT2D eigenvalue weighted by Crippen LogP contribution is -2.34. The van der Waals surface area contributed by atoms with Gasteiger partial charge in [-0.15, -0.1) is 0 Å². The molecule has 2 aromatic carbocycles. The second-order valence-electron chi connectivity index (χ2n) is 9.66. The van der Waals surface area contributed by atoms with Crippen LogP contribution < -0.4 is 16.1 Å². The van der Waals surface area contributed by atoms with Gasteiger partial charge in [0.25, 0.3) is 5.56 Å². The third-order valence-corrected chi connectivity index (χ3v) is 5.74. The molecule has 5 nitrogen and oxygen atoms in total. The molecule has 0 fully saturated rings. The number of rotatable bonds is 8. The normalized spacial score (nSPS) is 12.6. The van der Waals surface area contributed by atoms with Crippen molar-refractivity contribution in [3.8, 4) is 5.69 Å². The van der Waals surface area contributed by atoms with Crippen LogP contribution in [0.4, 0.5) is 0 Å². The smallest absolute Gasteiger partial charge is 0.279 e. The van der Waals surface area contributed by atoms with Crippen molar-refractivity contribution in [1.82, 2.24) is 19.2 Å². The van der Waals surface area contributed by atoms with Crippen molar-refractivity contribution >= 4 is 23.6 Å². The van der Waals surface area contributed by atoms with Gasteiger partial charge >= 0.3 is 0 Å². The van der Waals surface area contributed by atoms with Gasteiger partial charge in [0.15, 0.2) is 0 Å². The first kappa shape index (κ1) is 22.9. The number of H-pyrrole nitrogens is 1. The third kappa shape index (κ3) is 5.04. The fourth-order valence-corrected chi connectivity index (χ4v) is 4.50. The van der Waals surface area contributed by atoms with Crippen molar-refractivity contribution in [2.75, 3.05) is 13.1 Å². The van der Waals surface area contributed by atoms with Gasteiger partial charge < -0.3 is 4.57 Å². The van der Waals surface area contributed by atoms with E-state index in [1.807, 2.05) is 36.4 Å². The number of aromatic amines is 1. The van der Waals surface area contributed by atoms with Crippen molar-refractivity contribution in [3.63, 3.8) is 0 Å². The maximum atomic E-state index is 13.2. The van der Waals surface area contributed by atoms with Gasteiger partial charge in [0.2, 0.25) is 0 Å². The molecular formula is C28H34N4O. The molecule has 33 heavy (non-hydrogen) atoms. The molecule has 1 N–H and O–H groups in total. The molecule has 2 aromatic heterocycles. The largest absolute Gasteiger partial charge is 0.333 e. The van der Waals surface area contributed by atoms with E-state index in [0.29, 0.717) is 22.4 Å². The van der Waals surface area contributed by atoms with E-state index in [9.17, 15) is 4.79 Å². The Kier molecular flexibility index (Phi) is 6.70. The van der Waals surface area contributed by atoms with Crippen molar-refractivity contribution < 1.29 is 0 Å². The minimum Gasteiger partial charge on any atom is -0.333 e. The van der Waals surface area contributed by atoms with E-state index in [4.69, 9.17) is 0 Å². The number of hydrogen-bond donors (Lipinski definition) is 1. The van der Waals surface area contributed by atoms with E-state index in [0.717, 1.165) is 36.4 Å². The topological polar surface area (TPSA) is 46.0 Å². The van der Waals surface area contributed by atoms with E-state index in [1.54, 1.807) is 4.68 Å². The van der Waals surface area contributed by atoms with Gasteiger partial charge in [0, 0.05) is 35.8 Å². The Morgan fingerprint density at radius 1 is 0.970 bits per heavy atom. The molecule has 2 heterocycles. The summed E-state index contributed by atoms with van der Waals surface area (Å²) in [6.07, 6.45) is 4.13. The average Bonchev–Trinajstić information content (AvgIpc) is 3.26. The first-order valence-electron chi connectivity index (χ1n) is 11.7. The number of nitrogens with zero attached hydrogens (tertiary/aromatic N) is 3. The molecule has 0 amide bonds. The molecular weight excluding hydrogens is 408 g/mol. The van der Waals surface area contributed by atoms with Crippen LogP contribution in [-0.4, -0.2) is 32.3 Å². The maximum absolute atomic E-state index is 13.2. The number of aromatic nitrogens is 3. The summed E-state index contributed by atoms with van der Waals surface area (Å²) in [4.78, 5) is 15.7. The Hall–Kier alpha value is -3.31. The lowest BCUT2D eigenvalue weighted by Gasteiger charge is -2.27. The second-order valence-corrected chi connectivity index (χ2v) is 9.66. The lowest BCUT2D eigenvalue weighted by atomic mass is 10.1. The molecule has 0 aliphatic heterocycles. The average molecular weight is 443 g/mol. The highest BCUT2D eigenvalue weighted by Gasteiger charge is 2.14. The number of fused-ring (bicyclic) bond motifs is 1. The molecule has 0 bridgehead atoms. The van der Waals surface area contributed by atoms with Crippen LogP contribution in [-0.2, 0) is 6.67 Å². The molecule has 0 spiro atoms. The van der Waals surface area contributed by atoms with Crippen LogP contribution in [0.1, 0.15) is 33.3 Å². The number of benzene rings is 2. The fraction of sp³-hybridized carbons (Fsp3) is 0.321. The highest BCUT2D eigenvalue weighted by atomic mass is 16.1. The predicted molar refractivity (Wildman–Crippen MR) is 138 cm³/mol. The van der Waals surface area contributed by atoms with Gasteiger partial charge in [0.05, 0.1) is 22.9 Å². The summed E-state index contributed by atoms with van der Waals surface area (Å²) in [5.74, 6) is 1.20. The predicted octanol–water partition coefficient (Wildman–Crippen LogP) is 3.93. The first-order valence-corrected chi connectivity index (χ1v) is 11.7. The van der Waals surface area contributed by atoms with Crippen LogP contribution in [0.15, 0.2) is 65.6 Å². The summed E-state index contributed by atoms with van der Waals surface area (Å²) in [5.41, 5.74) is 2.91. The molecule has 0 radical (unpaired) electrons. The first-order chi connectivity index (χ1) is 15.8. The Morgan fingerprint density at radius 3 is 2.27 bits per heavy atom. The standard InChI is InChI=1S/C28H34N4O/c1-20(2)16-30(17-21(3)4)19-31-18-23(25-13-9-10-14-27(25)31)15-26-22(5)29-32(28(26)33)24-11-7-6-8-12-24/h6-15,18,20-21,29H,5,16-17,19H2,1-4H3/b26-15+. The van der Waals surface area contributed by atoms with Crippen LogP contribution in [0.3, 0.4) is 0 Å². The van der Waals surface area contributed by atoms with Gasteiger partial charge in [0.1, 0.15) is 0 Å². The van der Waals surface area contributed by atoms with E-state index in [-0.39, 0.29) is 5.56 Å². The van der Waals surface area contributed by atoms with Crippen LogP contribution in [0.2, 0.25) is 0 Å². The summed E-state index contributed by atoms with van der Waals surface area (Å²) in [6.45, 7) is 16.1. The van der Waals surface area contributed by atoms with Crippen LogP contribution in [0.25, 0.3) is 29.2 Å². The Labute approximate surface area is 195 Å². The maximum Gasteiger partial charge on any atom is 0.279 e. The molecule has 0 aliphatic rings. The van der Waals surface area contributed by atoms with E-state index < -0.39 is 0 Å². The van der Waals surface area contributed by atoms with Gasteiger partial charge in [-0.25, -0.2) is 4.68 Å². The molecule has 4 rings (SSSR count). The SMILES string of the molecule is C=c1[nH]n(-c2ccccc2)c(=O)/c1=C/c1cn(CN(CC(C)C)CC(C)C)c2ccccc12. The van der Waals surface area contributed by atoms with Gasteiger partial charge in [-0.3, -0.25) is 14.8 Å². The minimum absolute atomic E-state index is 0.0933. The molecule has 0 unspecified atom stereocenters. The molecule has 5 heteroatoms. The summed E-state index contributed by atoms with van der Waals surface area (Å²) >= 11 is 0. The zero-order valence-corrected chi connectivity index (χ0v) is 20.1. The Morgan fingerprint density at radius 2 is 1.61 bits per heavy atom. The van der Waals surface area contributed by atoms with Crippen molar-refractivity contribution in [3.05, 3.63) is 87.3 Å². The van der Waals surface area contributed by atoms with Crippen molar-refractivity contribution in [1.29, 1.82) is 0 Å². The minimum atomic E-state index is -0.0933. The summed E-state index contributed by atoms with van der Waals surface area (Å²) < 4.78 is 3.86. The van der Waals surface area contributed by atoms with Crippen LogP contribution in [0, 0.1) is 11.8 Å². The summed E-state index contributed by atoms with van der Waals surface area (Å²) in [6, 6.07) is 18.0. The van der Waals surface area contributed by atoms with Gasteiger partial charge in [-0.1, -0.05) is 70.7 Å². The van der Waals surface area contributed by atoms with Gasteiger partial charge in [-0.05, 0) is 36.1 Å². The Bertz CT molecular complexity index is 1380. The monoisotopic (exact) mass is 442 g/mol. The van der Waals surface area contributed by atoms with Gasteiger partial charge in [-0.2, -0.15) is 0 Å². The number of nitrogens with one attached hydrogen (secondary N) is 1. The van der Waals surface area contributed by atoms with Crippen molar-refractivity contribution in [2.45, 2.75) is 34.4 Å². The quantitative estimate of drug-likeness (QED) is 0.449. The molecule has 172 valence electrons. The number of hydrogen-bond acceptors (Lipinski definition) is 2. The highest BCUT2D eigenvalue weighted by molar-refractivity contribution is 5.89. The van der Waals surface area contributed by atoms with Crippen LogP contribution >= 0.6 is 0 Å². The second kappa shape index (κ2) is 9.67. The molecule has 4 aromatic rings. The van der Waals surface area contributed by atoms with E-state index in [2.05, 4.69) is 79.3 Å². The van der Waals surface area contributed by atoms with E-state index >= 15 is 0 Å².